The molecule has 21 heavy (non-hydrogen) atoms. The topological polar surface area (TPSA) is 12.0 Å². The Morgan fingerprint density at radius 1 is 1.00 bits per heavy atom. The summed E-state index contributed by atoms with van der Waals surface area (Å²) >= 11 is 3.56. The zero-order chi connectivity index (χ0) is 15.5. The summed E-state index contributed by atoms with van der Waals surface area (Å²) in [5.41, 5.74) is 4.16. The molecule has 112 valence electrons. The average molecular weight is 346 g/mol. The van der Waals surface area contributed by atoms with Crippen LogP contribution in [0.5, 0.6) is 0 Å². The Hall–Kier alpha value is -1.12. The second-order valence-corrected chi connectivity index (χ2v) is 7.33. The van der Waals surface area contributed by atoms with Gasteiger partial charge < -0.3 is 5.32 Å². The molecule has 0 bridgehead atoms. The van der Waals surface area contributed by atoms with E-state index in [1.807, 2.05) is 0 Å². The van der Waals surface area contributed by atoms with E-state index in [4.69, 9.17) is 0 Å². The Morgan fingerprint density at radius 3 is 2.19 bits per heavy atom. The average Bonchev–Trinajstić information content (AvgIpc) is 2.44. The summed E-state index contributed by atoms with van der Waals surface area (Å²) in [5, 5.41) is 3.58. The second kappa shape index (κ2) is 6.76. The van der Waals surface area contributed by atoms with Gasteiger partial charge in [-0.05, 0) is 40.8 Å². The molecular formula is C19H24BrN. The third kappa shape index (κ3) is 4.18. The maximum absolute atomic E-state index is 3.58. The van der Waals surface area contributed by atoms with Gasteiger partial charge in [0.2, 0.25) is 0 Å². The van der Waals surface area contributed by atoms with E-state index in [9.17, 15) is 0 Å². The van der Waals surface area contributed by atoms with Crippen LogP contribution in [0.2, 0.25) is 0 Å². The summed E-state index contributed by atoms with van der Waals surface area (Å²) in [6, 6.07) is 17.7. The number of rotatable bonds is 4. The molecule has 2 aromatic rings. The molecule has 2 aromatic carbocycles. The maximum atomic E-state index is 3.58. The van der Waals surface area contributed by atoms with Gasteiger partial charge in [-0.2, -0.15) is 0 Å². The fourth-order valence-corrected chi connectivity index (χ4v) is 2.91. The summed E-state index contributed by atoms with van der Waals surface area (Å²) in [7, 11) is 0. The van der Waals surface area contributed by atoms with E-state index in [0.717, 1.165) is 11.0 Å². The van der Waals surface area contributed by atoms with E-state index in [1.165, 1.54) is 16.7 Å². The highest BCUT2D eigenvalue weighted by molar-refractivity contribution is 9.10. The molecular weight excluding hydrogens is 322 g/mol. The van der Waals surface area contributed by atoms with Crippen molar-refractivity contribution in [2.75, 3.05) is 6.54 Å². The van der Waals surface area contributed by atoms with Gasteiger partial charge >= 0.3 is 0 Å². The zero-order valence-corrected chi connectivity index (χ0v) is 14.9. The molecule has 0 aliphatic rings. The number of halogens is 1. The minimum Gasteiger partial charge on any atom is -0.307 e. The molecule has 0 amide bonds. The van der Waals surface area contributed by atoms with Crippen LogP contribution in [0.4, 0.5) is 0 Å². The van der Waals surface area contributed by atoms with Gasteiger partial charge in [-0.15, -0.1) is 0 Å². The fraction of sp³-hybridized carbons (Fsp3) is 0.368. The van der Waals surface area contributed by atoms with Gasteiger partial charge in [0.25, 0.3) is 0 Å². The molecule has 2 rings (SSSR count). The smallest absolute Gasteiger partial charge is 0.0577 e. The molecule has 0 aromatic heterocycles. The van der Waals surface area contributed by atoms with E-state index in [2.05, 4.69) is 97.5 Å². The highest BCUT2D eigenvalue weighted by Crippen LogP contribution is 2.28. The SMILES string of the molecule is CCNC(c1ccc(C(C)(C)C)cc1)c1cccc(Br)c1. The van der Waals surface area contributed by atoms with Crippen molar-refractivity contribution in [1.82, 2.24) is 5.32 Å². The van der Waals surface area contributed by atoms with E-state index in [0.29, 0.717) is 0 Å². The molecule has 0 radical (unpaired) electrons. The third-order valence-corrected chi connectivity index (χ3v) is 4.19. The van der Waals surface area contributed by atoms with E-state index >= 15 is 0 Å². The molecule has 1 atom stereocenters. The quantitative estimate of drug-likeness (QED) is 0.777. The Kier molecular flexibility index (Phi) is 5.23. The molecule has 0 heterocycles. The molecule has 1 unspecified atom stereocenters. The van der Waals surface area contributed by atoms with Crippen molar-refractivity contribution >= 4 is 15.9 Å². The predicted molar refractivity (Wildman–Crippen MR) is 94.8 cm³/mol. The van der Waals surface area contributed by atoms with E-state index in [-0.39, 0.29) is 11.5 Å². The lowest BCUT2D eigenvalue weighted by molar-refractivity contribution is 0.587. The predicted octanol–water partition coefficient (Wildman–Crippen LogP) is 5.45. The van der Waals surface area contributed by atoms with Crippen molar-refractivity contribution in [3.8, 4) is 0 Å². The van der Waals surface area contributed by atoms with Crippen LogP contribution in [0.3, 0.4) is 0 Å². The van der Waals surface area contributed by atoms with Crippen molar-refractivity contribution in [1.29, 1.82) is 0 Å². The van der Waals surface area contributed by atoms with Gasteiger partial charge in [-0.1, -0.05) is 80.0 Å². The normalized spacial score (nSPS) is 13.2. The molecule has 1 N–H and O–H groups in total. The number of hydrogen-bond donors (Lipinski definition) is 1. The zero-order valence-electron chi connectivity index (χ0n) is 13.3. The minimum atomic E-state index is 0.196. The van der Waals surface area contributed by atoms with Crippen LogP contribution < -0.4 is 5.32 Å². The van der Waals surface area contributed by atoms with Crippen molar-refractivity contribution in [2.24, 2.45) is 0 Å². The largest absolute Gasteiger partial charge is 0.307 e. The summed E-state index contributed by atoms with van der Waals surface area (Å²) in [6.45, 7) is 9.83. The van der Waals surface area contributed by atoms with Crippen molar-refractivity contribution < 1.29 is 0 Å². The van der Waals surface area contributed by atoms with Gasteiger partial charge in [0, 0.05) is 4.47 Å². The fourth-order valence-electron chi connectivity index (χ4n) is 2.49. The van der Waals surface area contributed by atoms with Crippen LogP contribution in [0.1, 0.15) is 50.4 Å². The Balaban J connectivity index is 2.34. The Morgan fingerprint density at radius 2 is 1.67 bits per heavy atom. The lowest BCUT2D eigenvalue weighted by Gasteiger charge is -2.22. The maximum Gasteiger partial charge on any atom is 0.0577 e. The molecule has 0 saturated carbocycles. The Bertz CT molecular complexity index is 581. The van der Waals surface area contributed by atoms with Gasteiger partial charge in [0.05, 0.1) is 6.04 Å². The van der Waals surface area contributed by atoms with Crippen molar-refractivity contribution in [3.05, 3.63) is 69.7 Å². The highest BCUT2D eigenvalue weighted by atomic mass is 79.9. The van der Waals surface area contributed by atoms with E-state index in [1.54, 1.807) is 0 Å². The lowest BCUT2D eigenvalue weighted by atomic mass is 9.86. The molecule has 2 heteroatoms. The Labute approximate surface area is 136 Å². The first-order valence-electron chi connectivity index (χ1n) is 7.51. The van der Waals surface area contributed by atoms with Crippen molar-refractivity contribution in [2.45, 2.75) is 39.2 Å². The van der Waals surface area contributed by atoms with Crippen LogP contribution in [-0.4, -0.2) is 6.54 Å². The highest BCUT2D eigenvalue weighted by Gasteiger charge is 2.16. The van der Waals surface area contributed by atoms with Crippen LogP contribution in [0, 0.1) is 0 Å². The van der Waals surface area contributed by atoms with Gasteiger partial charge in [0.1, 0.15) is 0 Å². The summed E-state index contributed by atoms with van der Waals surface area (Å²) in [4.78, 5) is 0. The van der Waals surface area contributed by atoms with Crippen LogP contribution >= 0.6 is 15.9 Å². The molecule has 0 spiro atoms. The number of benzene rings is 2. The minimum absolute atomic E-state index is 0.196. The standard InChI is InChI=1S/C19H24BrN/c1-5-21-18(15-7-6-8-17(20)13-15)14-9-11-16(12-10-14)19(2,3)4/h6-13,18,21H,5H2,1-4H3. The summed E-state index contributed by atoms with van der Waals surface area (Å²) in [6.07, 6.45) is 0. The van der Waals surface area contributed by atoms with Crippen LogP contribution in [0.25, 0.3) is 0 Å². The van der Waals surface area contributed by atoms with Gasteiger partial charge in [-0.3, -0.25) is 0 Å². The monoisotopic (exact) mass is 345 g/mol. The molecule has 1 nitrogen and oxygen atoms in total. The lowest BCUT2D eigenvalue weighted by Crippen LogP contribution is -2.22. The van der Waals surface area contributed by atoms with Gasteiger partial charge in [-0.25, -0.2) is 0 Å². The number of hydrogen-bond acceptors (Lipinski definition) is 1. The number of nitrogens with one attached hydrogen (secondary N) is 1. The summed E-state index contributed by atoms with van der Waals surface area (Å²) < 4.78 is 1.12. The second-order valence-electron chi connectivity index (χ2n) is 6.42. The van der Waals surface area contributed by atoms with Crippen molar-refractivity contribution in [3.63, 3.8) is 0 Å². The van der Waals surface area contributed by atoms with E-state index < -0.39 is 0 Å². The van der Waals surface area contributed by atoms with Gasteiger partial charge in [0.15, 0.2) is 0 Å². The molecule has 0 aliphatic heterocycles. The molecule has 0 aliphatic carbocycles. The molecule has 0 fully saturated rings. The molecule has 0 saturated heterocycles. The first-order chi connectivity index (χ1) is 9.91. The first-order valence-corrected chi connectivity index (χ1v) is 8.30. The first kappa shape index (κ1) is 16.3. The third-order valence-electron chi connectivity index (χ3n) is 3.70. The summed E-state index contributed by atoms with van der Waals surface area (Å²) in [5.74, 6) is 0. The van der Waals surface area contributed by atoms with Crippen LogP contribution in [0.15, 0.2) is 53.0 Å². The van der Waals surface area contributed by atoms with Crippen LogP contribution in [-0.2, 0) is 5.41 Å².